The first-order valence-electron chi connectivity index (χ1n) is 9.61. The van der Waals surface area contributed by atoms with Gasteiger partial charge in [0.25, 0.3) is 0 Å². The Hall–Kier alpha value is -2.94. The quantitative estimate of drug-likeness (QED) is 0.404. The van der Waals surface area contributed by atoms with Crippen LogP contribution in [0.2, 0.25) is 0 Å². The van der Waals surface area contributed by atoms with Crippen molar-refractivity contribution in [2.45, 2.75) is 37.5 Å². The van der Waals surface area contributed by atoms with Gasteiger partial charge in [-0.05, 0) is 20.0 Å². The van der Waals surface area contributed by atoms with Crippen LogP contribution in [0, 0.1) is 0 Å². The highest BCUT2D eigenvalue weighted by Gasteiger charge is 2.47. The number of likely N-dealkylation sites (N-methyl/N-ethyl adjacent to an activating group) is 1. The Balaban J connectivity index is 1.99. The van der Waals surface area contributed by atoms with E-state index >= 15 is 0 Å². The van der Waals surface area contributed by atoms with Gasteiger partial charge >= 0.3 is 0 Å². The lowest BCUT2D eigenvalue weighted by Crippen LogP contribution is -2.52. The second-order valence-electron chi connectivity index (χ2n) is 7.89. The number of benzene rings is 2. The second-order valence-corrected chi connectivity index (χ2v) is 7.89. The molecule has 0 heterocycles. The monoisotopic (exact) mass is 413 g/mol. The summed E-state index contributed by atoms with van der Waals surface area (Å²) in [6.07, 6.45) is -1.57. The van der Waals surface area contributed by atoms with Gasteiger partial charge in [-0.15, -0.1) is 0 Å². The summed E-state index contributed by atoms with van der Waals surface area (Å²) < 4.78 is 5.21. The molecule has 158 valence electrons. The number of carbonyl (C=O) groups excluding carboxylic acids is 2. The number of methoxy groups -OCH3 is 1. The van der Waals surface area contributed by atoms with Gasteiger partial charge in [-0.3, -0.25) is 9.59 Å². The summed E-state index contributed by atoms with van der Waals surface area (Å²) >= 11 is 0. The molecular formula is C22H23NO7. The molecule has 0 amide bonds. The number of aliphatic hydroxyl groups is 2. The van der Waals surface area contributed by atoms with Crippen molar-refractivity contribution < 1.29 is 34.8 Å². The normalized spacial score (nSPS) is 23.4. The van der Waals surface area contributed by atoms with Gasteiger partial charge in [0, 0.05) is 35.6 Å². The molecule has 3 atom stereocenters. The van der Waals surface area contributed by atoms with Crippen LogP contribution >= 0.6 is 0 Å². The van der Waals surface area contributed by atoms with Crippen LogP contribution in [-0.2, 0) is 6.42 Å². The van der Waals surface area contributed by atoms with Gasteiger partial charge in [0.15, 0.2) is 5.78 Å². The third-order valence-electron chi connectivity index (χ3n) is 6.36. The van der Waals surface area contributed by atoms with Gasteiger partial charge in [0.1, 0.15) is 17.2 Å². The number of ether oxygens (including phenoxy) is 1. The average molecular weight is 413 g/mol. The van der Waals surface area contributed by atoms with Crippen molar-refractivity contribution >= 4 is 11.6 Å². The van der Waals surface area contributed by atoms with Gasteiger partial charge in [-0.2, -0.15) is 0 Å². The fourth-order valence-corrected chi connectivity index (χ4v) is 4.57. The zero-order valence-electron chi connectivity index (χ0n) is 16.8. The van der Waals surface area contributed by atoms with E-state index in [0.29, 0.717) is 0 Å². The summed E-state index contributed by atoms with van der Waals surface area (Å²) in [5, 5.41) is 46.6. The van der Waals surface area contributed by atoms with Gasteiger partial charge < -0.3 is 30.5 Å². The molecule has 8 nitrogen and oxygen atoms in total. The molecule has 0 fully saturated rings. The Morgan fingerprint density at radius 2 is 1.80 bits per heavy atom. The summed E-state index contributed by atoms with van der Waals surface area (Å²) in [4.78, 5) is 26.4. The van der Waals surface area contributed by atoms with E-state index in [1.54, 1.807) is 20.0 Å². The highest BCUT2D eigenvalue weighted by molar-refractivity contribution is 6.31. The standard InChI is InChI=1S/C22H23NO7/c1-9(23-2)22(29)7-11-14(12(24)8-22)20(27)17-16(19(11)26)18(25)10-5-4-6-13(30-3)15(10)21(17)28/h4-6,9,12,23-24,26-27,29H,7-8H2,1-3H3. The van der Waals surface area contributed by atoms with Crippen molar-refractivity contribution in [3.05, 3.63) is 51.6 Å². The van der Waals surface area contributed by atoms with E-state index in [1.165, 1.54) is 19.2 Å². The van der Waals surface area contributed by atoms with Gasteiger partial charge in [0.05, 0.1) is 35.5 Å². The average Bonchev–Trinajstić information content (AvgIpc) is 2.72. The lowest BCUT2D eigenvalue weighted by molar-refractivity contribution is -0.0448. The molecule has 4 rings (SSSR count). The maximum atomic E-state index is 13.2. The summed E-state index contributed by atoms with van der Waals surface area (Å²) in [7, 11) is 3.02. The van der Waals surface area contributed by atoms with Crippen LogP contribution in [0.1, 0.15) is 62.4 Å². The molecular weight excluding hydrogens is 390 g/mol. The second kappa shape index (κ2) is 6.80. The zero-order chi connectivity index (χ0) is 22.0. The number of phenols is 2. The summed E-state index contributed by atoms with van der Waals surface area (Å²) in [5.41, 5.74) is -2.05. The number of rotatable bonds is 3. The molecule has 2 aliphatic rings. The van der Waals surface area contributed by atoms with E-state index in [0.717, 1.165) is 0 Å². The van der Waals surface area contributed by atoms with Crippen LogP contribution in [0.15, 0.2) is 18.2 Å². The number of hydrogen-bond acceptors (Lipinski definition) is 8. The van der Waals surface area contributed by atoms with Crippen molar-refractivity contribution in [2.24, 2.45) is 0 Å². The molecule has 2 aromatic carbocycles. The van der Waals surface area contributed by atoms with Crippen molar-refractivity contribution in [1.29, 1.82) is 0 Å². The van der Waals surface area contributed by atoms with Crippen LogP contribution in [0.25, 0.3) is 0 Å². The summed E-state index contributed by atoms with van der Waals surface area (Å²) in [6, 6.07) is 4.09. The lowest BCUT2D eigenvalue weighted by Gasteiger charge is -2.41. The maximum Gasteiger partial charge on any atom is 0.202 e. The minimum atomic E-state index is -1.43. The van der Waals surface area contributed by atoms with Gasteiger partial charge in [0.2, 0.25) is 5.78 Å². The van der Waals surface area contributed by atoms with Crippen molar-refractivity contribution in [2.75, 3.05) is 14.2 Å². The van der Waals surface area contributed by atoms with Crippen molar-refractivity contribution in [3.63, 3.8) is 0 Å². The Morgan fingerprint density at radius 3 is 2.43 bits per heavy atom. The number of fused-ring (bicyclic) bond motifs is 3. The molecule has 0 aliphatic heterocycles. The number of hydrogen-bond donors (Lipinski definition) is 5. The zero-order valence-corrected chi connectivity index (χ0v) is 16.8. The molecule has 8 heteroatoms. The lowest BCUT2D eigenvalue weighted by atomic mass is 9.71. The molecule has 0 saturated carbocycles. The Bertz CT molecular complexity index is 1090. The van der Waals surface area contributed by atoms with Crippen LogP contribution in [0.4, 0.5) is 0 Å². The number of carbonyl (C=O) groups is 2. The molecule has 0 radical (unpaired) electrons. The fraction of sp³-hybridized carbons (Fsp3) is 0.364. The van der Waals surface area contributed by atoms with Crippen LogP contribution in [-0.4, -0.2) is 57.8 Å². The van der Waals surface area contributed by atoms with E-state index in [1.807, 2.05) is 0 Å². The highest BCUT2D eigenvalue weighted by atomic mass is 16.5. The summed E-state index contributed by atoms with van der Waals surface area (Å²) in [5.74, 6) is -2.21. The molecule has 30 heavy (non-hydrogen) atoms. The molecule has 2 aromatic rings. The number of aliphatic hydroxyl groups excluding tert-OH is 1. The number of phenolic OH excluding ortho intramolecular Hbond substituents is 2. The SMILES string of the molecule is CNC(C)C1(O)Cc2c(O)c3c(c(O)c2C(O)C1)C(=O)c1c(OC)cccc1C3=O. The maximum absolute atomic E-state index is 13.2. The molecule has 0 aromatic heterocycles. The fourth-order valence-electron chi connectivity index (χ4n) is 4.57. The van der Waals surface area contributed by atoms with E-state index in [-0.39, 0.29) is 52.0 Å². The van der Waals surface area contributed by atoms with Crippen molar-refractivity contribution in [3.8, 4) is 17.2 Å². The Labute approximate surface area is 172 Å². The summed E-state index contributed by atoms with van der Waals surface area (Å²) in [6.45, 7) is 1.73. The van der Waals surface area contributed by atoms with E-state index in [4.69, 9.17) is 4.74 Å². The predicted molar refractivity (Wildman–Crippen MR) is 106 cm³/mol. The molecule has 5 N–H and O–H groups in total. The Kier molecular flexibility index (Phi) is 4.61. The first kappa shape index (κ1) is 20.3. The number of ketones is 2. The molecule has 2 aliphatic carbocycles. The first-order valence-corrected chi connectivity index (χ1v) is 9.61. The van der Waals surface area contributed by atoms with E-state index < -0.39 is 40.8 Å². The third-order valence-corrected chi connectivity index (χ3v) is 6.36. The van der Waals surface area contributed by atoms with E-state index in [9.17, 15) is 30.0 Å². The van der Waals surface area contributed by atoms with E-state index in [2.05, 4.69) is 5.32 Å². The largest absolute Gasteiger partial charge is 0.507 e. The van der Waals surface area contributed by atoms with Gasteiger partial charge in [-0.25, -0.2) is 0 Å². The van der Waals surface area contributed by atoms with Crippen LogP contribution < -0.4 is 10.1 Å². The minimum absolute atomic E-state index is 0.00207. The smallest absolute Gasteiger partial charge is 0.202 e. The number of nitrogens with one attached hydrogen (secondary N) is 1. The van der Waals surface area contributed by atoms with Crippen molar-refractivity contribution in [1.82, 2.24) is 5.32 Å². The van der Waals surface area contributed by atoms with Gasteiger partial charge in [-0.1, -0.05) is 12.1 Å². The van der Waals surface area contributed by atoms with Crippen LogP contribution in [0.5, 0.6) is 17.2 Å². The molecule has 3 unspecified atom stereocenters. The third kappa shape index (κ3) is 2.57. The first-order chi connectivity index (χ1) is 14.2. The highest BCUT2D eigenvalue weighted by Crippen LogP contribution is 2.51. The molecule has 0 spiro atoms. The Morgan fingerprint density at radius 1 is 1.13 bits per heavy atom. The molecule has 0 saturated heterocycles. The van der Waals surface area contributed by atoms with Crippen LogP contribution in [0.3, 0.4) is 0 Å². The molecule has 0 bridgehead atoms. The number of aromatic hydroxyl groups is 2. The topological polar surface area (TPSA) is 136 Å². The predicted octanol–water partition coefficient (Wildman–Crippen LogP) is 1.20. The minimum Gasteiger partial charge on any atom is -0.507 e.